The Bertz CT molecular complexity index is 1240. The van der Waals surface area contributed by atoms with Gasteiger partial charge in [-0.05, 0) is 62.2 Å². The highest BCUT2D eigenvalue weighted by atomic mass is 16.5. The monoisotopic (exact) mass is 427 g/mol. The maximum Gasteiger partial charge on any atom is 0.225 e. The smallest absolute Gasteiger partial charge is 0.225 e. The number of anilines is 1. The van der Waals surface area contributed by atoms with Crippen LogP contribution in [0.4, 0.5) is 5.82 Å². The summed E-state index contributed by atoms with van der Waals surface area (Å²) < 4.78 is 7.60. The highest BCUT2D eigenvalue weighted by Gasteiger charge is 2.16. The fourth-order valence-electron chi connectivity index (χ4n) is 3.47. The van der Waals surface area contributed by atoms with Gasteiger partial charge >= 0.3 is 0 Å². The second-order valence-corrected chi connectivity index (χ2v) is 7.69. The minimum Gasteiger partial charge on any atom is -0.494 e. The molecule has 6 nitrogen and oxygen atoms in total. The van der Waals surface area contributed by atoms with Crippen molar-refractivity contribution in [1.82, 2.24) is 9.38 Å². The van der Waals surface area contributed by atoms with Crippen molar-refractivity contribution in [2.45, 2.75) is 26.7 Å². The summed E-state index contributed by atoms with van der Waals surface area (Å²) in [6, 6.07) is 20.8. The molecule has 0 atom stereocenters. The predicted molar refractivity (Wildman–Crippen MR) is 125 cm³/mol. The van der Waals surface area contributed by atoms with Crippen LogP contribution in [0.15, 0.2) is 72.9 Å². The number of ether oxygens (including phenoxy) is 1. The molecule has 0 aliphatic rings. The van der Waals surface area contributed by atoms with Crippen molar-refractivity contribution in [3.63, 3.8) is 0 Å². The van der Waals surface area contributed by atoms with Crippen molar-refractivity contribution in [3.8, 4) is 17.0 Å². The van der Waals surface area contributed by atoms with Crippen LogP contribution in [0.25, 0.3) is 16.9 Å². The summed E-state index contributed by atoms with van der Waals surface area (Å²) in [5, 5.41) is 3.04. The molecule has 1 N–H and O–H groups in total. The van der Waals surface area contributed by atoms with E-state index in [4.69, 9.17) is 9.72 Å². The normalized spacial score (nSPS) is 10.8. The Balaban J connectivity index is 1.41. The lowest BCUT2D eigenvalue weighted by Gasteiger charge is -2.09. The minimum atomic E-state index is -0.0971. The van der Waals surface area contributed by atoms with Gasteiger partial charge in [-0.2, -0.15) is 0 Å². The number of hydrogen-bond donors (Lipinski definition) is 1. The average molecular weight is 428 g/mol. The molecule has 0 aliphatic carbocycles. The Hall–Kier alpha value is -3.93. The number of amides is 1. The van der Waals surface area contributed by atoms with Gasteiger partial charge in [-0.3, -0.25) is 14.0 Å². The van der Waals surface area contributed by atoms with Gasteiger partial charge in [0, 0.05) is 23.7 Å². The fourth-order valence-corrected chi connectivity index (χ4v) is 3.47. The molecule has 32 heavy (non-hydrogen) atoms. The Morgan fingerprint density at radius 1 is 1.03 bits per heavy atom. The molecule has 0 saturated carbocycles. The van der Waals surface area contributed by atoms with E-state index in [2.05, 4.69) is 5.32 Å². The van der Waals surface area contributed by atoms with E-state index >= 15 is 0 Å². The molecule has 2 aromatic carbocycles. The standard InChI is InChI=1S/C26H25N3O3/c1-18-14-15-29-23(17-18)27-25(21-7-4-3-5-8-21)26(29)28-24(31)9-6-16-32-22-12-10-20(11-13-22)19(2)30/h3-5,7-8,10-15,17H,6,9,16H2,1-2H3,(H,28,31). The lowest BCUT2D eigenvalue weighted by Crippen LogP contribution is -2.14. The summed E-state index contributed by atoms with van der Waals surface area (Å²) in [6.45, 7) is 3.95. The topological polar surface area (TPSA) is 72.7 Å². The minimum absolute atomic E-state index is 0.0191. The van der Waals surface area contributed by atoms with Crippen LogP contribution in [0.3, 0.4) is 0 Å². The summed E-state index contributed by atoms with van der Waals surface area (Å²) in [6.07, 6.45) is 2.81. The maximum absolute atomic E-state index is 12.7. The summed E-state index contributed by atoms with van der Waals surface area (Å²) in [5.74, 6) is 1.27. The Labute approximate surface area is 186 Å². The molecule has 4 rings (SSSR count). The number of carbonyl (C=O) groups is 2. The van der Waals surface area contributed by atoms with E-state index in [0.29, 0.717) is 36.6 Å². The molecule has 1 amide bonds. The van der Waals surface area contributed by atoms with E-state index in [9.17, 15) is 9.59 Å². The molecule has 2 aromatic heterocycles. The van der Waals surface area contributed by atoms with Crippen LogP contribution < -0.4 is 10.1 Å². The number of ketones is 1. The SMILES string of the molecule is CC(=O)c1ccc(OCCCC(=O)Nc2c(-c3ccccc3)nc3cc(C)ccn23)cc1. The van der Waals surface area contributed by atoms with E-state index in [0.717, 1.165) is 22.5 Å². The molecule has 0 aliphatic heterocycles. The van der Waals surface area contributed by atoms with Gasteiger partial charge < -0.3 is 10.1 Å². The van der Waals surface area contributed by atoms with Gasteiger partial charge in [-0.25, -0.2) is 4.98 Å². The molecular weight excluding hydrogens is 402 g/mol. The van der Waals surface area contributed by atoms with Gasteiger partial charge in [0.25, 0.3) is 0 Å². The second-order valence-electron chi connectivity index (χ2n) is 7.69. The number of carbonyl (C=O) groups excluding carboxylic acids is 2. The van der Waals surface area contributed by atoms with Gasteiger partial charge in [0.05, 0.1) is 6.61 Å². The molecule has 0 spiro atoms. The van der Waals surface area contributed by atoms with Crippen LogP contribution in [0, 0.1) is 6.92 Å². The average Bonchev–Trinajstić information content (AvgIpc) is 3.14. The lowest BCUT2D eigenvalue weighted by molar-refractivity contribution is -0.116. The second kappa shape index (κ2) is 9.47. The van der Waals surface area contributed by atoms with Crippen LogP contribution >= 0.6 is 0 Å². The first-order valence-electron chi connectivity index (χ1n) is 10.6. The third-order valence-electron chi connectivity index (χ3n) is 5.16. The number of imidazole rings is 1. The van der Waals surface area contributed by atoms with Gasteiger partial charge in [0.2, 0.25) is 5.91 Å². The van der Waals surface area contributed by atoms with Crippen molar-refractivity contribution in [2.75, 3.05) is 11.9 Å². The van der Waals surface area contributed by atoms with Gasteiger partial charge in [0.15, 0.2) is 5.78 Å². The summed E-state index contributed by atoms with van der Waals surface area (Å²) in [7, 11) is 0. The van der Waals surface area contributed by atoms with Crippen molar-refractivity contribution in [1.29, 1.82) is 0 Å². The first kappa shape index (κ1) is 21.3. The number of pyridine rings is 1. The van der Waals surface area contributed by atoms with E-state index in [1.165, 1.54) is 6.92 Å². The highest BCUT2D eigenvalue weighted by molar-refractivity contribution is 5.95. The van der Waals surface area contributed by atoms with Gasteiger partial charge in [0.1, 0.15) is 22.9 Å². The van der Waals surface area contributed by atoms with Gasteiger partial charge in [-0.15, -0.1) is 0 Å². The summed E-state index contributed by atoms with van der Waals surface area (Å²) in [4.78, 5) is 28.8. The van der Waals surface area contributed by atoms with Crippen molar-refractivity contribution < 1.29 is 14.3 Å². The largest absolute Gasteiger partial charge is 0.494 e. The molecule has 0 radical (unpaired) electrons. The number of aromatic nitrogens is 2. The Morgan fingerprint density at radius 3 is 2.50 bits per heavy atom. The van der Waals surface area contributed by atoms with Crippen LogP contribution in [0.5, 0.6) is 5.75 Å². The number of fused-ring (bicyclic) bond motifs is 1. The Kier molecular flexibility index (Phi) is 6.31. The number of Topliss-reactive ketones (excluding diaryl/α,β-unsaturated/α-hetero) is 1. The molecule has 4 aromatic rings. The van der Waals surface area contributed by atoms with Crippen LogP contribution in [-0.4, -0.2) is 27.7 Å². The molecule has 2 heterocycles. The number of nitrogens with zero attached hydrogens (tertiary/aromatic N) is 2. The summed E-state index contributed by atoms with van der Waals surface area (Å²) in [5.41, 5.74) is 4.23. The lowest BCUT2D eigenvalue weighted by atomic mass is 10.1. The van der Waals surface area contributed by atoms with E-state index in [1.807, 2.05) is 60.0 Å². The number of rotatable bonds is 8. The maximum atomic E-state index is 12.7. The predicted octanol–water partition coefficient (Wildman–Crippen LogP) is 5.31. The Morgan fingerprint density at radius 2 is 1.78 bits per heavy atom. The third-order valence-corrected chi connectivity index (χ3v) is 5.16. The quantitative estimate of drug-likeness (QED) is 0.305. The zero-order valence-corrected chi connectivity index (χ0v) is 18.2. The zero-order chi connectivity index (χ0) is 22.5. The molecule has 0 unspecified atom stereocenters. The van der Waals surface area contributed by atoms with Crippen LogP contribution in [0.1, 0.15) is 35.7 Å². The molecule has 0 fully saturated rings. The van der Waals surface area contributed by atoms with Crippen molar-refractivity contribution >= 4 is 23.2 Å². The number of aryl methyl sites for hydroxylation is 1. The van der Waals surface area contributed by atoms with E-state index in [-0.39, 0.29) is 11.7 Å². The van der Waals surface area contributed by atoms with Crippen molar-refractivity contribution in [2.24, 2.45) is 0 Å². The van der Waals surface area contributed by atoms with Crippen LogP contribution in [0.2, 0.25) is 0 Å². The molecule has 0 bridgehead atoms. The highest BCUT2D eigenvalue weighted by Crippen LogP contribution is 2.29. The number of benzene rings is 2. The summed E-state index contributed by atoms with van der Waals surface area (Å²) >= 11 is 0. The van der Waals surface area contributed by atoms with E-state index < -0.39 is 0 Å². The zero-order valence-electron chi connectivity index (χ0n) is 18.2. The molecule has 6 heteroatoms. The third kappa shape index (κ3) is 4.86. The number of hydrogen-bond acceptors (Lipinski definition) is 4. The molecule has 0 saturated heterocycles. The van der Waals surface area contributed by atoms with E-state index in [1.54, 1.807) is 24.3 Å². The fraction of sp³-hybridized carbons (Fsp3) is 0.192. The first-order chi connectivity index (χ1) is 15.5. The van der Waals surface area contributed by atoms with Gasteiger partial charge in [-0.1, -0.05) is 30.3 Å². The van der Waals surface area contributed by atoms with Crippen LogP contribution in [-0.2, 0) is 4.79 Å². The molecule has 162 valence electrons. The van der Waals surface area contributed by atoms with Crippen molar-refractivity contribution in [3.05, 3.63) is 84.1 Å². The number of nitrogens with one attached hydrogen (secondary N) is 1. The molecular formula is C26H25N3O3. The first-order valence-corrected chi connectivity index (χ1v) is 10.6.